The molecule has 6 nitrogen and oxygen atoms in total. The number of hydrogen-bond acceptors (Lipinski definition) is 5. The molecular formula is C18H21BrN6. The fourth-order valence-corrected chi connectivity index (χ4v) is 3.79. The number of halogens is 1. The van der Waals surface area contributed by atoms with Crippen molar-refractivity contribution in [3.63, 3.8) is 0 Å². The van der Waals surface area contributed by atoms with Crippen molar-refractivity contribution < 1.29 is 0 Å². The number of benzene rings is 1. The first-order valence-corrected chi connectivity index (χ1v) is 9.40. The number of aromatic nitrogens is 4. The maximum Gasteiger partial charge on any atom is 0.198 e. The minimum absolute atomic E-state index is 0.510. The van der Waals surface area contributed by atoms with Crippen LogP contribution in [0.3, 0.4) is 0 Å². The molecule has 130 valence electrons. The van der Waals surface area contributed by atoms with E-state index < -0.39 is 0 Å². The summed E-state index contributed by atoms with van der Waals surface area (Å²) < 4.78 is 2.41. The number of anilines is 3. The molecule has 0 saturated carbocycles. The lowest BCUT2D eigenvalue weighted by atomic mass is 9.75. The number of fused-ring (bicyclic) bond motifs is 1. The van der Waals surface area contributed by atoms with Gasteiger partial charge >= 0.3 is 0 Å². The van der Waals surface area contributed by atoms with Crippen molar-refractivity contribution in [1.29, 1.82) is 0 Å². The van der Waals surface area contributed by atoms with Crippen LogP contribution >= 0.6 is 15.9 Å². The SMILES string of the molecule is CCC1(CC)CN(c2ccc(Nc3nc(Br)cn4ncnc34)cc2)C1. The number of rotatable bonds is 5. The summed E-state index contributed by atoms with van der Waals surface area (Å²) in [5.74, 6) is 0.680. The molecule has 7 heteroatoms. The van der Waals surface area contributed by atoms with Crippen LogP contribution in [-0.2, 0) is 0 Å². The maximum atomic E-state index is 4.47. The van der Waals surface area contributed by atoms with Crippen LogP contribution in [0.15, 0.2) is 41.4 Å². The Morgan fingerprint density at radius 2 is 1.88 bits per heavy atom. The number of hydrogen-bond donors (Lipinski definition) is 1. The van der Waals surface area contributed by atoms with Crippen molar-refractivity contribution in [1.82, 2.24) is 19.6 Å². The molecule has 0 radical (unpaired) electrons. The lowest BCUT2D eigenvalue weighted by Crippen LogP contribution is -2.55. The largest absolute Gasteiger partial charge is 0.370 e. The van der Waals surface area contributed by atoms with Gasteiger partial charge in [0.2, 0.25) is 0 Å². The Kier molecular flexibility index (Phi) is 4.11. The lowest BCUT2D eigenvalue weighted by Gasteiger charge is -2.51. The van der Waals surface area contributed by atoms with Gasteiger partial charge in [-0.1, -0.05) is 13.8 Å². The van der Waals surface area contributed by atoms with E-state index in [0.29, 0.717) is 21.5 Å². The normalized spacial score (nSPS) is 16.0. The lowest BCUT2D eigenvalue weighted by molar-refractivity contribution is 0.194. The Balaban J connectivity index is 1.50. The van der Waals surface area contributed by atoms with E-state index in [2.05, 4.69) is 79.3 Å². The summed E-state index contributed by atoms with van der Waals surface area (Å²) in [6.45, 7) is 6.90. The quantitative estimate of drug-likeness (QED) is 0.693. The first-order valence-electron chi connectivity index (χ1n) is 8.60. The van der Waals surface area contributed by atoms with E-state index in [0.717, 1.165) is 18.8 Å². The van der Waals surface area contributed by atoms with Crippen LogP contribution in [0.4, 0.5) is 17.2 Å². The molecule has 1 N–H and O–H groups in total. The smallest absolute Gasteiger partial charge is 0.198 e. The van der Waals surface area contributed by atoms with Gasteiger partial charge in [0, 0.05) is 29.9 Å². The summed E-state index contributed by atoms with van der Waals surface area (Å²) in [7, 11) is 0. The second-order valence-electron chi connectivity index (χ2n) is 6.68. The van der Waals surface area contributed by atoms with Crippen molar-refractivity contribution >= 4 is 38.8 Å². The highest BCUT2D eigenvalue weighted by Crippen LogP contribution is 2.40. The second kappa shape index (κ2) is 6.29. The average Bonchev–Trinajstić information content (AvgIpc) is 3.05. The molecule has 0 unspecified atom stereocenters. The van der Waals surface area contributed by atoms with Crippen molar-refractivity contribution in [3.05, 3.63) is 41.4 Å². The molecule has 0 aliphatic carbocycles. The van der Waals surface area contributed by atoms with E-state index in [4.69, 9.17) is 0 Å². The molecular weight excluding hydrogens is 380 g/mol. The summed E-state index contributed by atoms with van der Waals surface area (Å²) in [4.78, 5) is 11.2. The molecule has 3 heterocycles. The van der Waals surface area contributed by atoms with Gasteiger partial charge in [-0.3, -0.25) is 0 Å². The van der Waals surface area contributed by atoms with Crippen LogP contribution in [0.1, 0.15) is 26.7 Å². The van der Waals surface area contributed by atoms with E-state index >= 15 is 0 Å². The van der Waals surface area contributed by atoms with Gasteiger partial charge in [-0.25, -0.2) is 14.5 Å². The topological polar surface area (TPSA) is 58.4 Å². The van der Waals surface area contributed by atoms with Crippen molar-refractivity contribution in [2.45, 2.75) is 26.7 Å². The average molecular weight is 401 g/mol. The molecule has 1 aliphatic rings. The van der Waals surface area contributed by atoms with Crippen molar-refractivity contribution in [2.24, 2.45) is 5.41 Å². The Morgan fingerprint density at radius 3 is 2.56 bits per heavy atom. The zero-order valence-electron chi connectivity index (χ0n) is 14.4. The second-order valence-corrected chi connectivity index (χ2v) is 7.49. The summed E-state index contributed by atoms with van der Waals surface area (Å²) in [5, 5.41) is 7.49. The van der Waals surface area contributed by atoms with Gasteiger partial charge in [-0.05, 0) is 53.0 Å². The monoisotopic (exact) mass is 400 g/mol. The van der Waals surface area contributed by atoms with Gasteiger partial charge in [0.05, 0.1) is 6.20 Å². The Morgan fingerprint density at radius 1 is 1.16 bits per heavy atom. The Labute approximate surface area is 155 Å². The highest BCUT2D eigenvalue weighted by molar-refractivity contribution is 9.10. The minimum atomic E-state index is 0.510. The van der Waals surface area contributed by atoms with Gasteiger partial charge in [0.15, 0.2) is 11.5 Å². The van der Waals surface area contributed by atoms with E-state index in [9.17, 15) is 0 Å². The first kappa shape index (κ1) is 16.3. The van der Waals surface area contributed by atoms with Crippen LogP contribution in [-0.4, -0.2) is 32.7 Å². The summed E-state index contributed by atoms with van der Waals surface area (Å²) >= 11 is 3.41. The molecule has 3 aromatic rings. The molecule has 4 rings (SSSR count). The molecule has 0 atom stereocenters. The highest BCUT2D eigenvalue weighted by atomic mass is 79.9. The van der Waals surface area contributed by atoms with Crippen molar-refractivity contribution in [3.8, 4) is 0 Å². The zero-order valence-corrected chi connectivity index (χ0v) is 16.0. The Bertz CT molecular complexity index is 876. The van der Waals surface area contributed by atoms with Crippen molar-refractivity contribution in [2.75, 3.05) is 23.3 Å². The van der Waals surface area contributed by atoms with Gasteiger partial charge in [0.25, 0.3) is 0 Å². The summed E-state index contributed by atoms with van der Waals surface area (Å²) in [5.41, 5.74) is 3.47. The fraction of sp³-hybridized carbons (Fsp3) is 0.389. The maximum absolute atomic E-state index is 4.47. The summed E-state index contributed by atoms with van der Waals surface area (Å²) in [6.07, 6.45) is 5.81. The summed E-state index contributed by atoms with van der Waals surface area (Å²) in [6, 6.07) is 8.50. The molecule has 1 aliphatic heterocycles. The molecule has 0 spiro atoms. The molecule has 1 saturated heterocycles. The number of nitrogens with zero attached hydrogens (tertiary/aromatic N) is 5. The molecule has 1 aromatic carbocycles. The fourth-order valence-electron chi connectivity index (χ4n) is 3.42. The number of nitrogens with one attached hydrogen (secondary N) is 1. The molecule has 25 heavy (non-hydrogen) atoms. The molecule has 2 aromatic heterocycles. The minimum Gasteiger partial charge on any atom is -0.370 e. The predicted molar refractivity (Wildman–Crippen MR) is 103 cm³/mol. The molecule has 1 fully saturated rings. The van der Waals surface area contributed by atoms with E-state index in [1.54, 1.807) is 10.7 Å². The molecule has 0 bridgehead atoms. The molecule has 0 amide bonds. The standard InChI is InChI=1S/C18H21BrN6/c1-3-18(4-2)10-24(11-18)14-7-5-13(6-8-14)22-16-17-20-12-21-25(17)9-15(19)23-16/h5-9,12H,3-4,10-11H2,1-2H3,(H,22,23). The van der Waals surface area contributed by atoms with Crippen LogP contribution in [0.2, 0.25) is 0 Å². The van der Waals surface area contributed by atoms with Crippen LogP contribution in [0.5, 0.6) is 0 Å². The van der Waals surface area contributed by atoms with Gasteiger partial charge in [-0.15, -0.1) is 0 Å². The third kappa shape index (κ3) is 2.97. The Hall–Kier alpha value is -2.15. The van der Waals surface area contributed by atoms with Gasteiger partial charge in [-0.2, -0.15) is 5.10 Å². The van der Waals surface area contributed by atoms with Crippen LogP contribution < -0.4 is 10.2 Å². The predicted octanol–water partition coefficient (Wildman–Crippen LogP) is 4.26. The van der Waals surface area contributed by atoms with E-state index in [-0.39, 0.29) is 0 Å². The van der Waals surface area contributed by atoms with Gasteiger partial charge in [0.1, 0.15) is 10.9 Å². The van der Waals surface area contributed by atoms with E-state index in [1.165, 1.54) is 24.9 Å². The third-order valence-corrected chi connectivity index (χ3v) is 5.66. The highest BCUT2D eigenvalue weighted by Gasteiger charge is 2.39. The van der Waals surface area contributed by atoms with Gasteiger partial charge < -0.3 is 10.2 Å². The van der Waals surface area contributed by atoms with Crippen LogP contribution in [0, 0.1) is 5.41 Å². The van der Waals surface area contributed by atoms with Crippen LogP contribution in [0.25, 0.3) is 5.65 Å². The first-order chi connectivity index (χ1) is 12.1. The van der Waals surface area contributed by atoms with E-state index in [1.807, 2.05) is 0 Å². The third-order valence-electron chi connectivity index (χ3n) is 5.28. The zero-order chi connectivity index (χ0) is 17.4.